The van der Waals surface area contributed by atoms with Crippen molar-refractivity contribution in [3.8, 4) is 0 Å². The van der Waals surface area contributed by atoms with Crippen molar-refractivity contribution in [1.29, 1.82) is 0 Å². The quantitative estimate of drug-likeness (QED) is 0.900. The first-order valence-corrected chi connectivity index (χ1v) is 8.82. The number of rotatable bonds is 4. The number of piperidine rings is 1. The van der Waals surface area contributed by atoms with Crippen LogP contribution in [-0.4, -0.2) is 23.1 Å². The molecule has 2 heterocycles. The number of carbonyl (C=O) groups excluding carboxylic acids is 1. The van der Waals surface area contributed by atoms with E-state index in [0.29, 0.717) is 18.3 Å². The maximum Gasteiger partial charge on any atom is 0.274 e. The molecule has 5 heteroatoms. The third-order valence-electron chi connectivity index (χ3n) is 4.75. The molecular formula is C20H25N3O2. The van der Waals surface area contributed by atoms with Crippen LogP contribution in [0, 0.1) is 12.8 Å². The molecule has 1 aliphatic rings. The number of benzene rings is 1. The molecule has 0 aliphatic carbocycles. The molecule has 2 atom stereocenters. The summed E-state index contributed by atoms with van der Waals surface area (Å²) in [7, 11) is 0. The number of amides is 1. The Labute approximate surface area is 148 Å². The highest BCUT2D eigenvalue weighted by atomic mass is 16.2. The van der Waals surface area contributed by atoms with Crippen LogP contribution in [0.1, 0.15) is 30.9 Å². The van der Waals surface area contributed by atoms with Crippen molar-refractivity contribution in [3.05, 3.63) is 64.1 Å². The van der Waals surface area contributed by atoms with E-state index in [-0.39, 0.29) is 17.4 Å². The molecule has 1 fully saturated rings. The largest absolute Gasteiger partial charge is 0.321 e. The molecule has 1 aliphatic heterocycles. The molecule has 0 saturated carbocycles. The van der Waals surface area contributed by atoms with E-state index in [4.69, 9.17) is 0 Å². The van der Waals surface area contributed by atoms with Crippen molar-refractivity contribution in [1.82, 2.24) is 9.88 Å². The average molecular weight is 339 g/mol. The predicted octanol–water partition coefficient (Wildman–Crippen LogP) is 2.53. The smallest absolute Gasteiger partial charge is 0.274 e. The zero-order chi connectivity index (χ0) is 17.8. The topological polar surface area (TPSA) is 63.1 Å². The van der Waals surface area contributed by atoms with Crippen molar-refractivity contribution in [2.24, 2.45) is 5.92 Å². The zero-order valence-electron chi connectivity index (χ0n) is 14.8. The van der Waals surface area contributed by atoms with E-state index in [1.807, 2.05) is 31.2 Å². The Bertz CT molecular complexity index is 795. The standard InChI is InChI=1S/C20H25N3O2/c1-14-5-7-16(8-6-14)13-23-11-3-4-18(20(23)25)22-19(24)17-9-10-21-15(2)12-17/h3-8,11,15,17,21H,9-10,12-13H2,1-2H3,(H,22,24)/t15-,17-/m0/s1. The molecule has 1 saturated heterocycles. The summed E-state index contributed by atoms with van der Waals surface area (Å²) in [5.74, 6) is -0.0973. The fourth-order valence-corrected chi connectivity index (χ4v) is 3.25. The van der Waals surface area contributed by atoms with Crippen LogP contribution in [0.3, 0.4) is 0 Å². The first-order chi connectivity index (χ1) is 12.0. The van der Waals surface area contributed by atoms with E-state index >= 15 is 0 Å². The Balaban J connectivity index is 1.73. The molecule has 0 radical (unpaired) electrons. The Morgan fingerprint density at radius 1 is 1.28 bits per heavy atom. The second kappa shape index (κ2) is 7.66. The third kappa shape index (κ3) is 4.37. The van der Waals surface area contributed by atoms with E-state index in [1.54, 1.807) is 22.9 Å². The van der Waals surface area contributed by atoms with Gasteiger partial charge in [0.15, 0.2) is 0 Å². The molecule has 0 bridgehead atoms. The Hall–Kier alpha value is -2.40. The van der Waals surface area contributed by atoms with Gasteiger partial charge in [0.05, 0.1) is 6.54 Å². The van der Waals surface area contributed by atoms with Crippen molar-refractivity contribution in [2.75, 3.05) is 11.9 Å². The fourth-order valence-electron chi connectivity index (χ4n) is 3.25. The van der Waals surface area contributed by atoms with E-state index in [0.717, 1.165) is 24.9 Å². The third-order valence-corrected chi connectivity index (χ3v) is 4.75. The minimum Gasteiger partial charge on any atom is -0.321 e. The van der Waals surface area contributed by atoms with Crippen LogP contribution in [0.25, 0.3) is 0 Å². The molecule has 2 N–H and O–H groups in total. The summed E-state index contributed by atoms with van der Waals surface area (Å²) < 4.78 is 1.63. The molecule has 132 valence electrons. The predicted molar refractivity (Wildman–Crippen MR) is 99.8 cm³/mol. The Morgan fingerprint density at radius 3 is 2.76 bits per heavy atom. The molecule has 25 heavy (non-hydrogen) atoms. The van der Waals surface area contributed by atoms with Crippen LogP contribution in [0.5, 0.6) is 0 Å². The average Bonchev–Trinajstić information content (AvgIpc) is 2.60. The second-order valence-corrected chi connectivity index (χ2v) is 6.91. The summed E-state index contributed by atoms with van der Waals surface area (Å²) in [5.41, 5.74) is 2.43. The summed E-state index contributed by atoms with van der Waals surface area (Å²) in [4.78, 5) is 25.1. The first-order valence-electron chi connectivity index (χ1n) is 8.82. The number of carbonyl (C=O) groups is 1. The maximum atomic E-state index is 12.7. The number of aromatic nitrogens is 1. The van der Waals surface area contributed by atoms with Gasteiger partial charge in [0.25, 0.3) is 5.56 Å². The summed E-state index contributed by atoms with van der Waals surface area (Å²) in [5, 5.41) is 6.17. The fraction of sp³-hybridized carbons (Fsp3) is 0.400. The number of aryl methyl sites for hydroxylation is 1. The van der Waals surface area contributed by atoms with Crippen LogP contribution in [0.2, 0.25) is 0 Å². The molecule has 1 aromatic heterocycles. The van der Waals surface area contributed by atoms with Crippen molar-refractivity contribution < 1.29 is 4.79 Å². The molecular weight excluding hydrogens is 314 g/mol. The van der Waals surface area contributed by atoms with E-state index in [1.165, 1.54) is 5.56 Å². The van der Waals surface area contributed by atoms with Crippen LogP contribution in [0.4, 0.5) is 5.69 Å². The second-order valence-electron chi connectivity index (χ2n) is 6.91. The number of nitrogens with zero attached hydrogens (tertiary/aromatic N) is 1. The van der Waals surface area contributed by atoms with Gasteiger partial charge in [-0.15, -0.1) is 0 Å². The summed E-state index contributed by atoms with van der Waals surface area (Å²) in [6.45, 7) is 5.45. The summed E-state index contributed by atoms with van der Waals surface area (Å²) >= 11 is 0. The SMILES string of the molecule is Cc1ccc(Cn2cccc(NC(=O)[C@H]3CCN[C@@H](C)C3)c2=O)cc1. The Kier molecular flexibility index (Phi) is 5.34. The molecule has 3 rings (SSSR count). The van der Waals surface area contributed by atoms with Crippen LogP contribution < -0.4 is 16.2 Å². The lowest BCUT2D eigenvalue weighted by Crippen LogP contribution is -2.40. The molecule has 1 aromatic carbocycles. The molecule has 5 nitrogen and oxygen atoms in total. The minimum atomic E-state index is -0.168. The highest BCUT2D eigenvalue weighted by molar-refractivity contribution is 5.92. The highest BCUT2D eigenvalue weighted by Gasteiger charge is 2.25. The molecule has 0 spiro atoms. The van der Waals surface area contributed by atoms with E-state index in [9.17, 15) is 9.59 Å². The molecule has 0 unspecified atom stereocenters. The van der Waals surface area contributed by atoms with Gasteiger partial charge in [-0.25, -0.2) is 0 Å². The lowest BCUT2D eigenvalue weighted by Gasteiger charge is -2.27. The van der Waals surface area contributed by atoms with Gasteiger partial charge < -0.3 is 15.2 Å². The van der Waals surface area contributed by atoms with E-state index < -0.39 is 0 Å². The molecule has 2 aromatic rings. The van der Waals surface area contributed by atoms with Gasteiger partial charge in [-0.1, -0.05) is 29.8 Å². The summed E-state index contributed by atoms with van der Waals surface area (Å²) in [6.07, 6.45) is 3.36. The lowest BCUT2D eigenvalue weighted by atomic mass is 9.92. The van der Waals surface area contributed by atoms with Gasteiger partial charge in [0, 0.05) is 18.2 Å². The van der Waals surface area contributed by atoms with E-state index in [2.05, 4.69) is 17.6 Å². The number of nitrogens with one attached hydrogen (secondary N) is 2. The van der Waals surface area contributed by atoms with Gasteiger partial charge >= 0.3 is 0 Å². The van der Waals surface area contributed by atoms with Crippen molar-refractivity contribution in [3.63, 3.8) is 0 Å². The Morgan fingerprint density at radius 2 is 2.04 bits per heavy atom. The number of hydrogen-bond donors (Lipinski definition) is 2. The summed E-state index contributed by atoms with van der Waals surface area (Å²) in [6, 6.07) is 11.9. The van der Waals surface area contributed by atoms with Crippen LogP contribution in [0.15, 0.2) is 47.4 Å². The maximum absolute atomic E-state index is 12.7. The molecule has 1 amide bonds. The highest BCUT2D eigenvalue weighted by Crippen LogP contribution is 2.17. The van der Waals surface area contributed by atoms with Crippen molar-refractivity contribution >= 4 is 11.6 Å². The lowest BCUT2D eigenvalue weighted by molar-refractivity contribution is -0.120. The monoisotopic (exact) mass is 339 g/mol. The van der Waals surface area contributed by atoms with Crippen molar-refractivity contribution in [2.45, 2.75) is 39.3 Å². The minimum absolute atomic E-state index is 0.0404. The number of hydrogen-bond acceptors (Lipinski definition) is 3. The van der Waals surface area contributed by atoms with Crippen LogP contribution >= 0.6 is 0 Å². The first kappa shape index (κ1) is 17.4. The number of anilines is 1. The van der Waals surface area contributed by atoms with Gasteiger partial charge in [0.2, 0.25) is 5.91 Å². The van der Waals surface area contributed by atoms with Gasteiger partial charge in [0.1, 0.15) is 5.69 Å². The van der Waals surface area contributed by atoms with Gasteiger partial charge in [-0.2, -0.15) is 0 Å². The number of pyridine rings is 1. The van der Waals surface area contributed by atoms with Crippen LogP contribution in [-0.2, 0) is 11.3 Å². The van der Waals surface area contributed by atoms with Gasteiger partial charge in [-0.3, -0.25) is 9.59 Å². The normalized spacial score (nSPS) is 20.2. The zero-order valence-corrected chi connectivity index (χ0v) is 14.8. The van der Waals surface area contributed by atoms with Gasteiger partial charge in [-0.05, 0) is 50.9 Å².